The maximum Gasteiger partial charge on any atom is 0.204 e. The Morgan fingerprint density at radius 3 is 2.57 bits per heavy atom. The van der Waals surface area contributed by atoms with Gasteiger partial charge < -0.3 is 5.32 Å². The Labute approximate surface area is 125 Å². The number of nitrogens with one attached hydrogen (secondary N) is 1. The third-order valence-electron chi connectivity index (χ3n) is 3.45. The van der Waals surface area contributed by atoms with E-state index < -0.39 is 0 Å². The number of rotatable bonds is 4. The molecule has 0 bridgehead atoms. The van der Waals surface area contributed by atoms with Crippen LogP contribution in [0.5, 0.6) is 0 Å². The number of aryl methyl sites for hydroxylation is 3. The predicted octanol–water partition coefficient (Wildman–Crippen LogP) is 2.66. The van der Waals surface area contributed by atoms with E-state index in [1.165, 1.54) is 5.56 Å². The second kappa shape index (κ2) is 6.22. The van der Waals surface area contributed by atoms with Gasteiger partial charge >= 0.3 is 0 Å². The molecule has 2 rings (SSSR count). The van der Waals surface area contributed by atoms with Crippen molar-refractivity contribution in [2.45, 2.75) is 47.2 Å². The molecule has 0 atom stereocenters. The highest BCUT2D eigenvalue weighted by molar-refractivity contribution is 5.43. The predicted molar refractivity (Wildman–Crippen MR) is 86.0 cm³/mol. The summed E-state index contributed by atoms with van der Waals surface area (Å²) >= 11 is 0. The van der Waals surface area contributed by atoms with Gasteiger partial charge in [-0.3, -0.25) is 4.79 Å². The molecule has 1 aromatic heterocycles. The summed E-state index contributed by atoms with van der Waals surface area (Å²) in [5.41, 5.74) is 4.73. The summed E-state index contributed by atoms with van der Waals surface area (Å²) in [4.78, 5) is 12.1. The van der Waals surface area contributed by atoms with Crippen molar-refractivity contribution in [3.8, 4) is 5.69 Å². The minimum absolute atomic E-state index is 0.0118. The number of benzene rings is 1. The van der Waals surface area contributed by atoms with Crippen molar-refractivity contribution in [1.82, 2.24) is 15.1 Å². The topological polar surface area (TPSA) is 46.9 Å². The Kier molecular flexibility index (Phi) is 4.58. The van der Waals surface area contributed by atoms with E-state index in [4.69, 9.17) is 0 Å². The molecule has 0 spiro atoms. The molecule has 0 saturated heterocycles. The number of nitrogens with zero attached hydrogens (tertiary/aromatic N) is 2. The fraction of sp³-hybridized carbons (Fsp3) is 0.412. The summed E-state index contributed by atoms with van der Waals surface area (Å²) in [5.74, 6) is 0. The lowest BCUT2D eigenvalue weighted by atomic mass is 10.1. The molecule has 4 heteroatoms. The van der Waals surface area contributed by atoms with Gasteiger partial charge in [0.2, 0.25) is 5.43 Å². The minimum Gasteiger partial charge on any atom is -0.309 e. The Bertz CT molecular complexity index is 702. The van der Waals surface area contributed by atoms with Crippen molar-refractivity contribution < 1.29 is 0 Å². The normalized spacial score (nSPS) is 11.1. The summed E-state index contributed by atoms with van der Waals surface area (Å²) < 4.78 is 1.86. The quantitative estimate of drug-likeness (QED) is 0.939. The van der Waals surface area contributed by atoms with Gasteiger partial charge in [0, 0.05) is 24.3 Å². The molecule has 0 aliphatic rings. The van der Waals surface area contributed by atoms with E-state index in [-0.39, 0.29) is 5.43 Å². The second-order valence-corrected chi connectivity index (χ2v) is 5.83. The van der Waals surface area contributed by atoms with Crippen molar-refractivity contribution in [1.29, 1.82) is 0 Å². The van der Waals surface area contributed by atoms with Crippen molar-refractivity contribution in [3.63, 3.8) is 0 Å². The van der Waals surface area contributed by atoms with Crippen molar-refractivity contribution in [2.24, 2.45) is 0 Å². The average Bonchev–Trinajstić information content (AvgIpc) is 2.41. The van der Waals surface area contributed by atoms with Gasteiger partial charge in [-0.15, -0.1) is 0 Å². The lowest BCUT2D eigenvalue weighted by Crippen LogP contribution is -2.28. The standard InChI is InChI=1S/C17H23N3O/c1-11(2)18-10-15-17(21)9-14(5)20(19-15)16-8-12(3)6-7-13(16)4/h6-9,11,18H,10H2,1-5H3. The van der Waals surface area contributed by atoms with E-state index in [1.54, 1.807) is 6.07 Å². The molecule has 0 amide bonds. The highest BCUT2D eigenvalue weighted by Gasteiger charge is 2.10. The summed E-state index contributed by atoms with van der Waals surface area (Å²) in [7, 11) is 0. The Balaban J connectivity index is 2.51. The van der Waals surface area contributed by atoms with Crippen LogP contribution < -0.4 is 10.7 Å². The molecule has 1 heterocycles. The van der Waals surface area contributed by atoms with Crippen LogP contribution in [0.4, 0.5) is 0 Å². The van der Waals surface area contributed by atoms with E-state index in [9.17, 15) is 4.79 Å². The summed E-state index contributed by atoms with van der Waals surface area (Å²) in [6.45, 7) is 10.6. The Morgan fingerprint density at radius 1 is 1.19 bits per heavy atom. The van der Waals surface area contributed by atoms with E-state index >= 15 is 0 Å². The first-order valence-electron chi connectivity index (χ1n) is 7.29. The van der Waals surface area contributed by atoms with E-state index in [0.717, 1.165) is 16.9 Å². The average molecular weight is 285 g/mol. The van der Waals surface area contributed by atoms with E-state index in [2.05, 4.69) is 56.3 Å². The monoisotopic (exact) mass is 285 g/mol. The third-order valence-corrected chi connectivity index (χ3v) is 3.45. The van der Waals surface area contributed by atoms with Gasteiger partial charge in [0.15, 0.2) is 0 Å². The summed E-state index contributed by atoms with van der Waals surface area (Å²) in [6, 6.07) is 8.24. The molecule has 112 valence electrons. The maximum atomic E-state index is 12.1. The molecule has 4 nitrogen and oxygen atoms in total. The highest BCUT2D eigenvalue weighted by Crippen LogP contribution is 2.16. The highest BCUT2D eigenvalue weighted by atomic mass is 16.1. The van der Waals surface area contributed by atoms with Crippen LogP contribution in [-0.2, 0) is 6.54 Å². The second-order valence-electron chi connectivity index (χ2n) is 5.83. The molecule has 0 unspecified atom stereocenters. The zero-order valence-electron chi connectivity index (χ0n) is 13.4. The molecule has 0 aliphatic carbocycles. The van der Waals surface area contributed by atoms with Crippen molar-refractivity contribution in [2.75, 3.05) is 0 Å². The van der Waals surface area contributed by atoms with Crippen LogP contribution in [0, 0.1) is 20.8 Å². The number of hydrogen-bond donors (Lipinski definition) is 1. The molecule has 2 aromatic rings. The van der Waals surface area contributed by atoms with Gasteiger partial charge in [-0.05, 0) is 38.0 Å². The first kappa shape index (κ1) is 15.4. The molecule has 0 radical (unpaired) electrons. The molecule has 1 N–H and O–H groups in total. The largest absolute Gasteiger partial charge is 0.309 e. The smallest absolute Gasteiger partial charge is 0.204 e. The van der Waals surface area contributed by atoms with Crippen LogP contribution in [0.25, 0.3) is 5.69 Å². The zero-order chi connectivity index (χ0) is 15.6. The van der Waals surface area contributed by atoms with Crippen LogP contribution in [0.3, 0.4) is 0 Å². The van der Waals surface area contributed by atoms with Crippen molar-refractivity contribution in [3.05, 3.63) is 57.0 Å². The molecule has 0 saturated carbocycles. The van der Waals surface area contributed by atoms with Gasteiger partial charge in [-0.25, -0.2) is 4.68 Å². The van der Waals surface area contributed by atoms with Crippen molar-refractivity contribution >= 4 is 0 Å². The maximum absolute atomic E-state index is 12.1. The number of hydrogen-bond acceptors (Lipinski definition) is 3. The van der Waals surface area contributed by atoms with Crippen LogP contribution in [0.15, 0.2) is 29.1 Å². The molecular weight excluding hydrogens is 262 g/mol. The van der Waals surface area contributed by atoms with E-state index in [1.807, 2.05) is 11.6 Å². The molecular formula is C17H23N3O. The van der Waals surface area contributed by atoms with Crippen LogP contribution in [0.1, 0.15) is 36.4 Å². The molecule has 0 aliphatic heterocycles. The summed E-state index contributed by atoms with van der Waals surface area (Å²) in [6.07, 6.45) is 0. The van der Waals surface area contributed by atoms with Crippen LogP contribution in [-0.4, -0.2) is 15.8 Å². The third kappa shape index (κ3) is 3.58. The molecule has 1 aromatic carbocycles. The fourth-order valence-electron chi connectivity index (χ4n) is 2.20. The minimum atomic E-state index is -0.0118. The lowest BCUT2D eigenvalue weighted by molar-refractivity contribution is 0.568. The molecule has 0 fully saturated rings. The lowest BCUT2D eigenvalue weighted by Gasteiger charge is -2.15. The number of aromatic nitrogens is 2. The Hall–Kier alpha value is -1.94. The van der Waals surface area contributed by atoms with Gasteiger partial charge in [-0.2, -0.15) is 5.10 Å². The fourth-order valence-corrected chi connectivity index (χ4v) is 2.20. The van der Waals surface area contributed by atoms with Gasteiger partial charge in [0.25, 0.3) is 0 Å². The van der Waals surface area contributed by atoms with Gasteiger partial charge in [0.05, 0.1) is 5.69 Å². The van der Waals surface area contributed by atoms with Gasteiger partial charge in [-0.1, -0.05) is 26.0 Å². The SMILES string of the molecule is Cc1ccc(C)c(-n2nc(CNC(C)C)c(=O)cc2C)c1. The Morgan fingerprint density at radius 2 is 1.90 bits per heavy atom. The van der Waals surface area contributed by atoms with E-state index in [0.29, 0.717) is 18.3 Å². The van der Waals surface area contributed by atoms with Gasteiger partial charge in [0.1, 0.15) is 5.69 Å². The van der Waals surface area contributed by atoms with Crippen LogP contribution in [0.2, 0.25) is 0 Å². The zero-order valence-corrected chi connectivity index (χ0v) is 13.4. The first-order valence-corrected chi connectivity index (χ1v) is 7.29. The first-order chi connectivity index (χ1) is 9.88. The molecule has 21 heavy (non-hydrogen) atoms. The summed E-state index contributed by atoms with van der Waals surface area (Å²) in [5, 5.41) is 7.81. The van der Waals surface area contributed by atoms with Crippen LogP contribution >= 0.6 is 0 Å².